The second kappa shape index (κ2) is 9.37. The molecule has 1 aliphatic carbocycles. The van der Waals surface area contributed by atoms with Gasteiger partial charge >= 0.3 is 0 Å². The van der Waals surface area contributed by atoms with E-state index >= 15 is 0 Å². The van der Waals surface area contributed by atoms with Crippen LogP contribution in [0, 0.1) is 5.92 Å². The molecular formula is C25H31N5O3. The molecule has 2 aromatic rings. The van der Waals surface area contributed by atoms with Crippen LogP contribution in [-0.4, -0.2) is 63.0 Å². The van der Waals surface area contributed by atoms with Gasteiger partial charge in [-0.05, 0) is 50.0 Å². The van der Waals surface area contributed by atoms with E-state index in [1.165, 1.54) is 12.8 Å². The summed E-state index contributed by atoms with van der Waals surface area (Å²) < 4.78 is 1.66. The Hall–Kier alpha value is -3.16. The van der Waals surface area contributed by atoms with E-state index in [0.717, 1.165) is 24.8 Å². The Morgan fingerprint density at radius 3 is 2.61 bits per heavy atom. The van der Waals surface area contributed by atoms with Crippen molar-refractivity contribution >= 4 is 17.7 Å². The van der Waals surface area contributed by atoms with Crippen molar-refractivity contribution in [3.8, 4) is 0 Å². The van der Waals surface area contributed by atoms with Crippen LogP contribution in [0.5, 0.6) is 0 Å². The Morgan fingerprint density at radius 1 is 1.00 bits per heavy atom. The van der Waals surface area contributed by atoms with Crippen LogP contribution in [-0.2, 0) is 17.9 Å². The van der Waals surface area contributed by atoms with Crippen molar-refractivity contribution in [2.24, 2.45) is 5.92 Å². The van der Waals surface area contributed by atoms with Gasteiger partial charge < -0.3 is 15.1 Å². The monoisotopic (exact) mass is 449 g/mol. The summed E-state index contributed by atoms with van der Waals surface area (Å²) in [5, 5.41) is 7.53. The molecule has 1 atom stereocenters. The standard InChI is InChI=1S/C25H31N5O3/c31-23(26-16-18-10-11-18)21-9-4-5-13-29(21)24(32)20-15-22-25(33)28(12-6-14-30(22)27-20)17-19-7-2-1-3-8-19/h1-3,7-8,15,18,21H,4-6,9-14,16-17H2,(H,26,31)/t21-/m0/s1. The topological polar surface area (TPSA) is 87.5 Å². The number of carbonyl (C=O) groups is 3. The number of nitrogens with zero attached hydrogens (tertiary/aromatic N) is 4. The van der Waals surface area contributed by atoms with Crippen molar-refractivity contribution < 1.29 is 14.4 Å². The average Bonchev–Trinajstić information content (AvgIpc) is 3.61. The van der Waals surface area contributed by atoms with E-state index in [9.17, 15) is 14.4 Å². The highest BCUT2D eigenvalue weighted by molar-refractivity contribution is 5.99. The van der Waals surface area contributed by atoms with Crippen LogP contribution in [0.4, 0.5) is 0 Å². The molecule has 3 aliphatic rings. The lowest BCUT2D eigenvalue weighted by molar-refractivity contribution is -0.126. The molecule has 0 radical (unpaired) electrons. The van der Waals surface area contributed by atoms with Crippen LogP contribution >= 0.6 is 0 Å². The smallest absolute Gasteiger partial charge is 0.275 e. The van der Waals surface area contributed by atoms with E-state index in [1.807, 2.05) is 35.2 Å². The molecule has 5 rings (SSSR count). The van der Waals surface area contributed by atoms with E-state index in [0.29, 0.717) is 50.8 Å². The minimum absolute atomic E-state index is 0.0687. The largest absolute Gasteiger partial charge is 0.354 e. The van der Waals surface area contributed by atoms with E-state index in [2.05, 4.69) is 10.4 Å². The van der Waals surface area contributed by atoms with E-state index < -0.39 is 6.04 Å². The molecule has 0 bridgehead atoms. The number of hydrogen-bond donors (Lipinski definition) is 1. The number of carbonyl (C=O) groups excluding carboxylic acids is 3. The van der Waals surface area contributed by atoms with Gasteiger partial charge in [-0.25, -0.2) is 0 Å². The van der Waals surface area contributed by atoms with Gasteiger partial charge in [0.2, 0.25) is 5.91 Å². The summed E-state index contributed by atoms with van der Waals surface area (Å²) in [5.74, 6) is 0.153. The highest BCUT2D eigenvalue weighted by Gasteiger charge is 2.35. The summed E-state index contributed by atoms with van der Waals surface area (Å²) in [4.78, 5) is 42.9. The molecule has 0 spiro atoms. The fraction of sp³-hybridized carbons (Fsp3) is 0.520. The van der Waals surface area contributed by atoms with Crippen LogP contribution in [0.15, 0.2) is 36.4 Å². The van der Waals surface area contributed by atoms with E-state index in [-0.39, 0.29) is 23.4 Å². The highest BCUT2D eigenvalue weighted by atomic mass is 16.2. The fourth-order valence-electron chi connectivity index (χ4n) is 4.77. The summed E-state index contributed by atoms with van der Waals surface area (Å²) >= 11 is 0. The molecular weight excluding hydrogens is 418 g/mol. The van der Waals surface area contributed by atoms with Crippen LogP contribution in [0.3, 0.4) is 0 Å². The minimum Gasteiger partial charge on any atom is -0.354 e. The molecule has 0 unspecified atom stereocenters. The maximum atomic E-state index is 13.4. The lowest BCUT2D eigenvalue weighted by Gasteiger charge is -2.34. The third-order valence-electron chi connectivity index (χ3n) is 6.85. The van der Waals surface area contributed by atoms with Crippen molar-refractivity contribution in [1.82, 2.24) is 24.9 Å². The Bertz CT molecular complexity index is 1030. The molecule has 8 heteroatoms. The van der Waals surface area contributed by atoms with Gasteiger partial charge in [-0.2, -0.15) is 5.10 Å². The lowest BCUT2D eigenvalue weighted by atomic mass is 10.0. The zero-order chi connectivity index (χ0) is 22.8. The van der Waals surface area contributed by atoms with Gasteiger partial charge in [0.15, 0.2) is 5.69 Å². The predicted molar refractivity (Wildman–Crippen MR) is 122 cm³/mol. The van der Waals surface area contributed by atoms with E-state index in [4.69, 9.17) is 0 Å². The van der Waals surface area contributed by atoms with Crippen LogP contribution in [0.2, 0.25) is 0 Å². The van der Waals surface area contributed by atoms with Crippen molar-refractivity contribution in [1.29, 1.82) is 0 Å². The molecule has 2 aliphatic heterocycles. The van der Waals surface area contributed by atoms with Crippen molar-refractivity contribution in [3.05, 3.63) is 53.3 Å². The number of aromatic nitrogens is 2. The third-order valence-corrected chi connectivity index (χ3v) is 6.85. The molecule has 174 valence electrons. The predicted octanol–water partition coefficient (Wildman–Crippen LogP) is 2.45. The lowest BCUT2D eigenvalue weighted by Crippen LogP contribution is -2.52. The molecule has 1 N–H and O–H groups in total. The minimum atomic E-state index is -0.461. The molecule has 1 aromatic carbocycles. The van der Waals surface area contributed by atoms with Gasteiger partial charge in [-0.1, -0.05) is 30.3 Å². The molecule has 3 amide bonds. The maximum Gasteiger partial charge on any atom is 0.275 e. The third kappa shape index (κ3) is 4.79. The average molecular weight is 450 g/mol. The van der Waals surface area contributed by atoms with Crippen molar-refractivity contribution in [3.63, 3.8) is 0 Å². The van der Waals surface area contributed by atoms with Gasteiger partial charge in [0.25, 0.3) is 11.8 Å². The number of amides is 3. The van der Waals surface area contributed by atoms with Crippen LogP contribution < -0.4 is 5.32 Å². The normalized spacial score (nSPS) is 20.8. The summed E-state index contributed by atoms with van der Waals surface area (Å²) in [5.41, 5.74) is 1.77. The summed E-state index contributed by atoms with van der Waals surface area (Å²) in [7, 11) is 0. The quantitative estimate of drug-likeness (QED) is 0.734. The first-order valence-corrected chi connectivity index (χ1v) is 12.1. The first kappa shape index (κ1) is 21.7. The van der Waals surface area contributed by atoms with Gasteiger partial charge in [0.1, 0.15) is 11.7 Å². The number of likely N-dealkylation sites (tertiary alicyclic amines) is 1. The maximum absolute atomic E-state index is 13.4. The number of nitrogens with one attached hydrogen (secondary N) is 1. The summed E-state index contributed by atoms with van der Waals surface area (Å²) in [6.45, 7) is 3.00. The zero-order valence-corrected chi connectivity index (χ0v) is 18.9. The Morgan fingerprint density at radius 2 is 1.82 bits per heavy atom. The van der Waals surface area contributed by atoms with Crippen LogP contribution in [0.25, 0.3) is 0 Å². The zero-order valence-electron chi connectivity index (χ0n) is 18.9. The highest BCUT2D eigenvalue weighted by Crippen LogP contribution is 2.28. The molecule has 33 heavy (non-hydrogen) atoms. The number of piperidine rings is 1. The number of hydrogen-bond acceptors (Lipinski definition) is 4. The SMILES string of the molecule is O=C(NCC1CC1)[C@@H]1CCCCN1C(=O)c1cc2n(n1)CCCN(Cc1ccccc1)C2=O. The van der Waals surface area contributed by atoms with Gasteiger partial charge in [0, 0.05) is 38.8 Å². The molecule has 1 aromatic heterocycles. The van der Waals surface area contributed by atoms with Gasteiger partial charge in [-0.3, -0.25) is 19.1 Å². The van der Waals surface area contributed by atoms with Crippen molar-refractivity contribution in [2.75, 3.05) is 19.6 Å². The Balaban J connectivity index is 1.32. The van der Waals surface area contributed by atoms with Crippen LogP contribution in [0.1, 0.15) is 65.1 Å². The molecule has 8 nitrogen and oxygen atoms in total. The second-order valence-electron chi connectivity index (χ2n) is 9.40. The Kier molecular flexibility index (Phi) is 6.15. The first-order valence-electron chi connectivity index (χ1n) is 12.1. The Labute approximate surface area is 193 Å². The molecule has 1 saturated heterocycles. The summed E-state index contributed by atoms with van der Waals surface area (Å²) in [6.07, 6.45) is 5.58. The number of aryl methyl sites for hydroxylation is 1. The number of fused-ring (bicyclic) bond motifs is 1. The number of rotatable bonds is 6. The fourth-order valence-corrected chi connectivity index (χ4v) is 4.77. The van der Waals surface area contributed by atoms with E-state index in [1.54, 1.807) is 15.6 Å². The van der Waals surface area contributed by atoms with Crippen molar-refractivity contribution in [2.45, 2.75) is 57.7 Å². The van der Waals surface area contributed by atoms with Gasteiger partial charge in [-0.15, -0.1) is 0 Å². The molecule has 1 saturated carbocycles. The number of benzene rings is 1. The summed E-state index contributed by atoms with van der Waals surface area (Å²) in [6, 6.07) is 11.1. The molecule has 2 fully saturated rings. The molecule has 3 heterocycles. The van der Waals surface area contributed by atoms with Gasteiger partial charge in [0.05, 0.1) is 0 Å². The second-order valence-corrected chi connectivity index (χ2v) is 9.40. The first-order chi connectivity index (χ1) is 16.1.